The Balaban J connectivity index is 4.31. The number of rotatable bonds is 10. The molecule has 1 amide bonds. The van der Waals surface area contributed by atoms with Crippen LogP contribution in [0.4, 0.5) is 0 Å². The standard InChI is InChI=1S/C10H18N2O6S2/c1-19-5-20(18)4-7(10(16)17)12-8(13)3-2-6(11)9(14)15/h6-7H,2-5,11H2,1H3,(H,12,13)(H,14,15)(H,16,17). The van der Waals surface area contributed by atoms with Crippen LogP contribution in [0.15, 0.2) is 0 Å². The molecule has 0 aliphatic rings. The molecule has 0 fully saturated rings. The number of carbonyl (C=O) groups excluding carboxylic acids is 1. The van der Waals surface area contributed by atoms with Gasteiger partial charge in [0.15, 0.2) is 0 Å². The summed E-state index contributed by atoms with van der Waals surface area (Å²) in [6.07, 6.45) is 1.44. The number of thioether (sulfide) groups is 1. The lowest BCUT2D eigenvalue weighted by molar-refractivity contribution is -0.141. The van der Waals surface area contributed by atoms with Crippen LogP contribution in [0, 0.1) is 0 Å². The van der Waals surface area contributed by atoms with Gasteiger partial charge in [-0.1, -0.05) is 0 Å². The number of carboxylic acid groups (broad SMARTS) is 2. The van der Waals surface area contributed by atoms with Crippen molar-refractivity contribution in [2.75, 3.05) is 17.1 Å². The van der Waals surface area contributed by atoms with Crippen LogP contribution in [0.3, 0.4) is 0 Å². The zero-order chi connectivity index (χ0) is 15.7. The molecule has 3 atom stereocenters. The largest absolute Gasteiger partial charge is 0.480 e. The molecule has 0 spiro atoms. The number of aliphatic carboxylic acids is 2. The molecule has 0 aliphatic carbocycles. The molecule has 0 saturated heterocycles. The summed E-state index contributed by atoms with van der Waals surface area (Å²) < 4.78 is 11.5. The highest BCUT2D eigenvalue weighted by Gasteiger charge is 2.23. The molecule has 116 valence electrons. The Bertz CT molecular complexity index is 390. The molecule has 0 bridgehead atoms. The van der Waals surface area contributed by atoms with E-state index in [1.807, 2.05) is 0 Å². The molecule has 5 N–H and O–H groups in total. The Hall–Kier alpha value is -1.13. The number of nitrogens with two attached hydrogens (primary N) is 1. The smallest absolute Gasteiger partial charge is 0.327 e. The fraction of sp³-hybridized carbons (Fsp3) is 0.700. The number of nitrogens with one attached hydrogen (secondary N) is 1. The Morgan fingerprint density at radius 3 is 2.35 bits per heavy atom. The second-order valence-corrected chi connectivity index (χ2v) is 6.69. The van der Waals surface area contributed by atoms with E-state index in [4.69, 9.17) is 15.9 Å². The number of amides is 1. The molecular formula is C10H18N2O6S2. The quantitative estimate of drug-likeness (QED) is 0.392. The van der Waals surface area contributed by atoms with Crippen molar-refractivity contribution in [1.82, 2.24) is 5.32 Å². The topological polar surface area (TPSA) is 147 Å². The first-order valence-electron chi connectivity index (χ1n) is 5.62. The Morgan fingerprint density at radius 1 is 1.30 bits per heavy atom. The van der Waals surface area contributed by atoms with Gasteiger partial charge in [-0.2, -0.15) is 11.8 Å². The molecule has 0 aromatic heterocycles. The summed E-state index contributed by atoms with van der Waals surface area (Å²) in [6, 6.07) is -2.42. The van der Waals surface area contributed by atoms with Crippen LogP contribution in [0.1, 0.15) is 12.8 Å². The third-order valence-electron chi connectivity index (χ3n) is 2.23. The zero-order valence-corrected chi connectivity index (χ0v) is 12.5. The summed E-state index contributed by atoms with van der Waals surface area (Å²) in [7, 11) is -1.36. The lowest BCUT2D eigenvalue weighted by atomic mass is 10.1. The van der Waals surface area contributed by atoms with Gasteiger partial charge in [0.2, 0.25) is 5.91 Å². The lowest BCUT2D eigenvalue weighted by Crippen LogP contribution is -2.45. The maximum atomic E-state index is 11.5. The minimum absolute atomic E-state index is 0.0958. The maximum Gasteiger partial charge on any atom is 0.327 e. The van der Waals surface area contributed by atoms with Gasteiger partial charge < -0.3 is 21.3 Å². The van der Waals surface area contributed by atoms with Crippen LogP contribution in [-0.4, -0.2) is 61.4 Å². The highest BCUT2D eigenvalue weighted by Crippen LogP contribution is 2.01. The van der Waals surface area contributed by atoms with Gasteiger partial charge in [-0.3, -0.25) is 13.8 Å². The van der Waals surface area contributed by atoms with E-state index in [9.17, 15) is 18.6 Å². The van der Waals surface area contributed by atoms with Gasteiger partial charge in [-0.15, -0.1) is 0 Å². The van der Waals surface area contributed by atoms with Gasteiger partial charge in [0.1, 0.15) is 12.1 Å². The second kappa shape index (κ2) is 9.72. The highest BCUT2D eigenvalue weighted by atomic mass is 32.2. The molecule has 0 heterocycles. The van der Waals surface area contributed by atoms with Crippen LogP contribution in [0.2, 0.25) is 0 Å². The second-order valence-electron chi connectivity index (χ2n) is 3.95. The van der Waals surface area contributed by atoms with Crippen molar-refractivity contribution in [2.45, 2.75) is 24.9 Å². The normalized spacial score (nSPS) is 15.1. The predicted octanol–water partition coefficient (Wildman–Crippen LogP) is -1.18. The summed E-state index contributed by atoms with van der Waals surface area (Å²) in [5, 5.41) is 20.0. The van der Waals surface area contributed by atoms with Gasteiger partial charge in [0.05, 0.1) is 10.8 Å². The van der Waals surface area contributed by atoms with Crippen molar-refractivity contribution in [3.05, 3.63) is 0 Å². The lowest BCUT2D eigenvalue weighted by Gasteiger charge is -2.14. The van der Waals surface area contributed by atoms with E-state index >= 15 is 0 Å². The number of carboxylic acids is 2. The molecule has 0 aromatic carbocycles. The van der Waals surface area contributed by atoms with Crippen molar-refractivity contribution >= 4 is 40.4 Å². The molecular weight excluding hydrogens is 308 g/mol. The van der Waals surface area contributed by atoms with Gasteiger partial charge in [0, 0.05) is 17.2 Å². The average molecular weight is 326 g/mol. The number of hydrogen-bond donors (Lipinski definition) is 4. The minimum Gasteiger partial charge on any atom is -0.480 e. The van der Waals surface area contributed by atoms with Crippen LogP contribution in [-0.2, 0) is 25.2 Å². The maximum absolute atomic E-state index is 11.5. The van der Waals surface area contributed by atoms with Gasteiger partial charge >= 0.3 is 11.9 Å². The number of carbonyl (C=O) groups is 3. The molecule has 0 radical (unpaired) electrons. The van der Waals surface area contributed by atoms with E-state index in [0.29, 0.717) is 0 Å². The number of hydrogen-bond acceptors (Lipinski definition) is 6. The summed E-state index contributed by atoms with van der Waals surface area (Å²) >= 11 is 1.31. The molecule has 10 heteroatoms. The van der Waals surface area contributed by atoms with Gasteiger partial charge in [0.25, 0.3) is 0 Å². The van der Waals surface area contributed by atoms with Crippen LogP contribution in [0.25, 0.3) is 0 Å². The van der Waals surface area contributed by atoms with Crippen molar-refractivity contribution in [2.24, 2.45) is 5.73 Å². The SMILES string of the molecule is CSCS(=O)CC(NC(=O)CCC(N)C(=O)O)C(=O)O. The summed E-state index contributed by atoms with van der Waals surface area (Å²) in [6.45, 7) is 0. The summed E-state index contributed by atoms with van der Waals surface area (Å²) in [5.74, 6) is -3.33. The average Bonchev–Trinajstić information content (AvgIpc) is 2.35. The Morgan fingerprint density at radius 2 is 1.90 bits per heavy atom. The predicted molar refractivity (Wildman–Crippen MR) is 75.8 cm³/mol. The van der Waals surface area contributed by atoms with E-state index < -0.39 is 40.7 Å². The molecule has 0 aliphatic heterocycles. The van der Waals surface area contributed by atoms with Crippen molar-refractivity contribution in [3.63, 3.8) is 0 Å². The summed E-state index contributed by atoms with van der Waals surface area (Å²) in [4.78, 5) is 32.9. The zero-order valence-electron chi connectivity index (χ0n) is 10.9. The molecule has 0 aromatic rings. The molecule has 3 unspecified atom stereocenters. The van der Waals surface area contributed by atoms with E-state index in [-0.39, 0.29) is 23.7 Å². The Labute approximate surface area is 122 Å². The summed E-state index contributed by atoms with van der Waals surface area (Å²) in [5.41, 5.74) is 5.23. The van der Waals surface area contributed by atoms with E-state index in [0.717, 1.165) is 0 Å². The molecule has 0 saturated carbocycles. The molecule has 0 rings (SSSR count). The third-order valence-corrected chi connectivity index (χ3v) is 4.93. The van der Waals surface area contributed by atoms with E-state index in [1.54, 1.807) is 6.26 Å². The molecule has 8 nitrogen and oxygen atoms in total. The van der Waals surface area contributed by atoms with Gasteiger partial charge in [-0.05, 0) is 12.7 Å². The monoisotopic (exact) mass is 326 g/mol. The fourth-order valence-electron chi connectivity index (χ4n) is 1.22. The van der Waals surface area contributed by atoms with Crippen LogP contribution < -0.4 is 11.1 Å². The first kappa shape index (κ1) is 18.9. The minimum atomic E-state index is -1.36. The van der Waals surface area contributed by atoms with E-state index in [2.05, 4.69) is 5.32 Å². The highest BCUT2D eigenvalue weighted by molar-refractivity contribution is 8.09. The first-order valence-corrected chi connectivity index (χ1v) is 8.50. The first-order chi connectivity index (χ1) is 9.27. The van der Waals surface area contributed by atoms with Crippen molar-refractivity contribution < 1.29 is 28.8 Å². The van der Waals surface area contributed by atoms with Crippen LogP contribution >= 0.6 is 11.8 Å². The van der Waals surface area contributed by atoms with Gasteiger partial charge in [-0.25, -0.2) is 4.79 Å². The Kier molecular flexibility index (Phi) is 9.17. The van der Waals surface area contributed by atoms with Crippen LogP contribution in [0.5, 0.6) is 0 Å². The van der Waals surface area contributed by atoms with Crippen molar-refractivity contribution in [3.8, 4) is 0 Å². The fourth-order valence-corrected chi connectivity index (χ4v) is 3.25. The van der Waals surface area contributed by atoms with Crippen molar-refractivity contribution in [1.29, 1.82) is 0 Å². The third kappa shape index (κ3) is 8.12. The molecule has 20 heavy (non-hydrogen) atoms. The van der Waals surface area contributed by atoms with E-state index in [1.165, 1.54) is 11.8 Å².